The van der Waals surface area contributed by atoms with E-state index in [2.05, 4.69) is 34.3 Å². The predicted molar refractivity (Wildman–Crippen MR) is 130 cm³/mol. The summed E-state index contributed by atoms with van der Waals surface area (Å²) in [7, 11) is 0. The average molecular weight is 416 g/mol. The summed E-state index contributed by atoms with van der Waals surface area (Å²) in [4.78, 5) is 4.49. The number of benzene rings is 4. The molecule has 0 aliphatic rings. The van der Waals surface area contributed by atoms with Crippen molar-refractivity contribution in [3.8, 4) is 17.2 Å². The number of para-hydroxylation sites is 3. The van der Waals surface area contributed by atoms with E-state index in [0.29, 0.717) is 5.82 Å². The second-order valence-corrected chi connectivity index (χ2v) is 7.73. The normalized spacial score (nSPS) is 11.4. The molecule has 0 unspecified atom stereocenters. The van der Waals surface area contributed by atoms with E-state index < -0.39 is 0 Å². The molecule has 0 radical (unpaired) electrons. The molecule has 2 N–H and O–H groups in total. The fourth-order valence-corrected chi connectivity index (χ4v) is 4.32. The van der Waals surface area contributed by atoms with Crippen LogP contribution in [0.1, 0.15) is 0 Å². The number of hydrogen-bond acceptors (Lipinski definition) is 3. The zero-order chi connectivity index (χ0) is 21.7. The lowest BCUT2D eigenvalue weighted by Crippen LogP contribution is -2.03. The standard InChI is InChI=1S/C27H20N4O/c1-18(28)31-25-11-4-2-9-22(25)23-14-13-21(16-27(23)31)32-20-8-6-7-19(15-20)30-17-29-24-10-3-5-12-26(24)30/h2-17H,1,28H2. The first kappa shape index (κ1) is 18.3. The molecule has 0 amide bonds. The van der Waals surface area contributed by atoms with Crippen LogP contribution in [-0.4, -0.2) is 14.1 Å². The molecular weight excluding hydrogens is 396 g/mol. The van der Waals surface area contributed by atoms with E-state index >= 15 is 0 Å². The van der Waals surface area contributed by atoms with Crippen LogP contribution in [0.15, 0.2) is 104 Å². The molecule has 0 atom stereocenters. The highest BCUT2D eigenvalue weighted by Gasteiger charge is 2.13. The van der Waals surface area contributed by atoms with Gasteiger partial charge in [0.25, 0.3) is 0 Å². The molecule has 0 saturated carbocycles. The first-order valence-corrected chi connectivity index (χ1v) is 10.4. The number of imidazole rings is 1. The third-order valence-electron chi connectivity index (χ3n) is 5.72. The second-order valence-electron chi connectivity index (χ2n) is 7.73. The SMILES string of the molecule is C=C(N)n1c2ccccc2c2ccc(Oc3cccc(-n4cnc5ccccc54)c3)cc21. The fourth-order valence-electron chi connectivity index (χ4n) is 4.32. The van der Waals surface area contributed by atoms with Crippen molar-refractivity contribution in [3.63, 3.8) is 0 Å². The van der Waals surface area contributed by atoms with Crippen LogP contribution in [0.5, 0.6) is 11.5 Å². The minimum absolute atomic E-state index is 0.474. The maximum Gasteiger partial charge on any atom is 0.129 e. The van der Waals surface area contributed by atoms with E-state index in [4.69, 9.17) is 10.5 Å². The Morgan fingerprint density at radius 3 is 2.38 bits per heavy atom. The van der Waals surface area contributed by atoms with Gasteiger partial charge in [0, 0.05) is 22.9 Å². The number of rotatable bonds is 4. The number of aromatic nitrogens is 3. The van der Waals surface area contributed by atoms with E-state index in [9.17, 15) is 0 Å². The Bertz CT molecular complexity index is 1640. The van der Waals surface area contributed by atoms with E-state index in [1.54, 1.807) is 0 Å². The lowest BCUT2D eigenvalue weighted by molar-refractivity contribution is 0.483. The van der Waals surface area contributed by atoms with E-state index in [1.165, 1.54) is 0 Å². The third-order valence-corrected chi connectivity index (χ3v) is 5.72. The molecule has 0 spiro atoms. The summed E-state index contributed by atoms with van der Waals surface area (Å²) in [5, 5.41) is 2.24. The maximum atomic E-state index is 6.25. The molecule has 6 aromatic rings. The molecule has 0 aliphatic carbocycles. The number of nitrogens with two attached hydrogens (primary N) is 1. The largest absolute Gasteiger partial charge is 0.457 e. The lowest BCUT2D eigenvalue weighted by Gasteiger charge is -2.10. The van der Waals surface area contributed by atoms with Crippen molar-refractivity contribution in [1.29, 1.82) is 0 Å². The van der Waals surface area contributed by atoms with Gasteiger partial charge in [0.2, 0.25) is 0 Å². The van der Waals surface area contributed by atoms with Gasteiger partial charge >= 0.3 is 0 Å². The molecule has 2 aromatic heterocycles. The highest BCUT2D eigenvalue weighted by Crippen LogP contribution is 2.34. The molecule has 0 saturated heterocycles. The van der Waals surface area contributed by atoms with Gasteiger partial charge in [0.05, 0.1) is 27.8 Å². The van der Waals surface area contributed by atoms with Gasteiger partial charge in [-0.2, -0.15) is 0 Å². The van der Waals surface area contributed by atoms with E-state index in [1.807, 2.05) is 83.7 Å². The minimum Gasteiger partial charge on any atom is -0.457 e. The first-order valence-electron chi connectivity index (χ1n) is 10.4. The molecule has 5 nitrogen and oxygen atoms in total. The smallest absolute Gasteiger partial charge is 0.129 e. The van der Waals surface area contributed by atoms with Crippen LogP contribution in [0.25, 0.3) is 44.3 Å². The van der Waals surface area contributed by atoms with Crippen molar-refractivity contribution in [2.45, 2.75) is 0 Å². The van der Waals surface area contributed by atoms with Crippen LogP contribution in [-0.2, 0) is 0 Å². The highest BCUT2D eigenvalue weighted by atomic mass is 16.5. The Kier molecular flexibility index (Phi) is 4.01. The van der Waals surface area contributed by atoms with Gasteiger partial charge in [0.1, 0.15) is 23.6 Å². The van der Waals surface area contributed by atoms with Crippen molar-refractivity contribution in [1.82, 2.24) is 14.1 Å². The Labute approximate surface area is 184 Å². The summed E-state index contributed by atoms with van der Waals surface area (Å²) in [5.41, 5.74) is 11.1. The molecule has 4 aromatic carbocycles. The Morgan fingerprint density at radius 2 is 1.50 bits per heavy atom. The average Bonchev–Trinajstić information content (AvgIpc) is 3.38. The summed E-state index contributed by atoms with van der Waals surface area (Å²) in [6.45, 7) is 3.97. The van der Waals surface area contributed by atoms with Gasteiger partial charge in [0.15, 0.2) is 0 Å². The quantitative estimate of drug-likeness (QED) is 0.366. The second kappa shape index (κ2) is 7.03. The molecule has 0 fully saturated rings. The third kappa shape index (κ3) is 2.83. The molecule has 0 aliphatic heterocycles. The van der Waals surface area contributed by atoms with Gasteiger partial charge in [-0.3, -0.25) is 9.13 Å². The fraction of sp³-hybridized carbons (Fsp3) is 0. The molecule has 0 bridgehead atoms. The van der Waals surface area contributed by atoms with Crippen molar-refractivity contribution >= 4 is 38.7 Å². The van der Waals surface area contributed by atoms with Gasteiger partial charge < -0.3 is 10.5 Å². The van der Waals surface area contributed by atoms with Crippen molar-refractivity contribution < 1.29 is 4.74 Å². The maximum absolute atomic E-state index is 6.25. The molecule has 2 heterocycles. The van der Waals surface area contributed by atoms with Crippen LogP contribution in [0.4, 0.5) is 0 Å². The number of fused-ring (bicyclic) bond motifs is 4. The molecule has 154 valence electrons. The van der Waals surface area contributed by atoms with Crippen molar-refractivity contribution in [3.05, 3.63) is 104 Å². The lowest BCUT2D eigenvalue weighted by atomic mass is 10.1. The minimum atomic E-state index is 0.474. The number of ether oxygens (including phenoxy) is 1. The molecular formula is C27H20N4O. The van der Waals surface area contributed by atoms with Crippen LogP contribution >= 0.6 is 0 Å². The molecule has 6 rings (SSSR count). The van der Waals surface area contributed by atoms with Gasteiger partial charge in [-0.25, -0.2) is 4.98 Å². The Morgan fingerprint density at radius 1 is 0.750 bits per heavy atom. The van der Waals surface area contributed by atoms with Gasteiger partial charge in [-0.05, 0) is 42.5 Å². The zero-order valence-corrected chi connectivity index (χ0v) is 17.3. The van der Waals surface area contributed by atoms with Gasteiger partial charge in [-0.1, -0.05) is 43.0 Å². The summed E-state index contributed by atoms with van der Waals surface area (Å²) in [5.74, 6) is 1.95. The topological polar surface area (TPSA) is 58.0 Å². The first-order chi connectivity index (χ1) is 15.7. The number of hydrogen-bond donors (Lipinski definition) is 1. The summed E-state index contributed by atoms with van der Waals surface area (Å²) >= 11 is 0. The molecule has 5 heteroatoms. The molecule has 32 heavy (non-hydrogen) atoms. The number of nitrogens with zero attached hydrogens (tertiary/aromatic N) is 3. The van der Waals surface area contributed by atoms with Crippen LogP contribution in [0, 0.1) is 0 Å². The summed E-state index contributed by atoms with van der Waals surface area (Å²) in [6.07, 6.45) is 1.83. The highest BCUT2D eigenvalue weighted by molar-refractivity contribution is 6.10. The van der Waals surface area contributed by atoms with Crippen LogP contribution in [0.3, 0.4) is 0 Å². The Hall–Kier alpha value is -4.51. The van der Waals surface area contributed by atoms with E-state index in [-0.39, 0.29) is 0 Å². The predicted octanol–water partition coefficient (Wildman–Crippen LogP) is 6.31. The summed E-state index contributed by atoms with van der Waals surface area (Å²) < 4.78 is 10.3. The van der Waals surface area contributed by atoms with E-state index in [0.717, 1.165) is 50.0 Å². The monoisotopic (exact) mass is 416 g/mol. The van der Waals surface area contributed by atoms with Crippen molar-refractivity contribution in [2.75, 3.05) is 0 Å². The van der Waals surface area contributed by atoms with Crippen molar-refractivity contribution in [2.24, 2.45) is 5.73 Å². The Balaban J connectivity index is 1.42. The summed E-state index contributed by atoms with van der Waals surface area (Å²) in [6, 6.07) is 30.3. The van der Waals surface area contributed by atoms with Crippen LogP contribution < -0.4 is 10.5 Å². The van der Waals surface area contributed by atoms with Gasteiger partial charge in [-0.15, -0.1) is 0 Å². The van der Waals surface area contributed by atoms with Crippen LogP contribution in [0.2, 0.25) is 0 Å². The zero-order valence-electron chi connectivity index (χ0n) is 17.3.